The first-order valence-electron chi connectivity index (χ1n) is 8.29. The summed E-state index contributed by atoms with van der Waals surface area (Å²) >= 11 is 1.93. The Labute approximate surface area is 131 Å². The van der Waals surface area contributed by atoms with E-state index in [0.717, 1.165) is 0 Å². The van der Waals surface area contributed by atoms with Gasteiger partial charge in [-0.15, -0.1) is 11.3 Å². The minimum atomic E-state index is 1.23. The van der Waals surface area contributed by atoms with E-state index in [1.807, 2.05) is 11.3 Å². The molecule has 1 aromatic heterocycles. The largest absolute Gasteiger partial charge is 0.135 e. The zero-order valence-corrected chi connectivity index (χ0v) is 13.7. The molecule has 0 bridgehead atoms. The van der Waals surface area contributed by atoms with Gasteiger partial charge in [-0.2, -0.15) is 0 Å². The molecule has 0 aliphatic carbocycles. The van der Waals surface area contributed by atoms with Crippen molar-refractivity contribution in [1.29, 1.82) is 0 Å². The van der Waals surface area contributed by atoms with Crippen LogP contribution in [0.2, 0.25) is 0 Å². The maximum atomic E-state index is 2.33. The molecule has 2 aromatic carbocycles. The second kappa shape index (κ2) is 7.09. The first-order chi connectivity index (χ1) is 10.4. The van der Waals surface area contributed by atoms with E-state index in [9.17, 15) is 0 Å². The first-order valence-corrected chi connectivity index (χ1v) is 9.11. The number of fused-ring (bicyclic) bond motifs is 3. The lowest BCUT2D eigenvalue weighted by Gasteiger charge is -2.04. The molecule has 0 aliphatic heterocycles. The molecule has 110 valence electrons. The Morgan fingerprint density at radius 3 is 2.43 bits per heavy atom. The molecule has 3 aromatic rings. The van der Waals surface area contributed by atoms with Gasteiger partial charge in [0.1, 0.15) is 0 Å². The van der Waals surface area contributed by atoms with Crippen LogP contribution in [-0.4, -0.2) is 0 Å². The lowest BCUT2D eigenvalue weighted by Crippen LogP contribution is -1.87. The van der Waals surface area contributed by atoms with Gasteiger partial charge in [0, 0.05) is 20.2 Å². The molecule has 1 heterocycles. The van der Waals surface area contributed by atoms with Gasteiger partial charge in [0.15, 0.2) is 0 Å². The van der Waals surface area contributed by atoms with Crippen LogP contribution in [0.5, 0.6) is 0 Å². The van der Waals surface area contributed by atoms with Gasteiger partial charge in [-0.3, -0.25) is 0 Å². The molecule has 0 fully saturated rings. The Morgan fingerprint density at radius 1 is 0.762 bits per heavy atom. The maximum Gasteiger partial charge on any atom is 0.0358 e. The van der Waals surface area contributed by atoms with E-state index >= 15 is 0 Å². The van der Waals surface area contributed by atoms with E-state index in [1.54, 1.807) is 5.56 Å². The zero-order chi connectivity index (χ0) is 14.5. The van der Waals surface area contributed by atoms with Crippen molar-refractivity contribution in [3.8, 4) is 0 Å². The first kappa shape index (κ1) is 14.6. The third-order valence-corrected chi connectivity index (χ3v) is 5.42. The SMILES string of the molecule is CCCCCCCCc1cccc2sc3ccccc3c12. The highest BCUT2D eigenvalue weighted by Crippen LogP contribution is 2.36. The van der Waals surface area contributed by atoms with Gasteiger partial charge in [-0.1, -0.05) is 69.4 Å². The van der Waals surface area contributed by atoms with Gasteiger partial charge < -0.3 is 0 Å². The van der Waals surface area contributed by atoms with E-state index in [0.29, 0.717) is 0 Å². The highest BCUT2D eigenvalue weighted by atomic mass is 32.1. The summed E-state index contributed by atoms with van der Waals surface area (Å²) in [7, 11) is 0. The minimum absolute atomic E-state index is 1.23. The fourth-order valence-electron chi connectivity index (χ4n) is 3.15. The molecule has 21 heavy (non-hydrogen) atoms. The van der Waals surface area contributed by atoms with Gasteiger partial charge >= 0.3 is 0 Å². The van der Waals surface area contributed by atoms with Gasteiger partial charge in [0.25, 0.3) is 0 Å². The third-order valence-electron chi connectivity index (χ3n) is 4.29. The van der Waals surface area contributed by atoms with Crippen molar-refractivity contribution in [2.75, 3.05) is 0 Å². The average Bonchev–Trinajstić information content (AvgIpc) is 2.90. The van der Waals surface area contributed by atoms with Crippen LogP contribution < -0.4 is 0 Å². The quantitative estimate of drug-likeness (QED) is 0.413. The molecule has 0 aliphatic rings. The fourth-order valence-corrected chi connectivity index (χ4v) is 4.31. The Hall–Kier alpha value is -1.34. The Bertz CT molecular complexity index is 708. The van der Waals surface area contributed by atoms with Crippen molar-refractivity contribution in [2.24, 2.45) is 0 Å². The lowest BCUT2D eigenvalue weighted by atomic mass is 10.0. The van der Waals surface area contributed by atoms with Crippen molar-refractivity contribution in [3.05, 3.63) is 48.0 Å². The summed E-state index contributed by atoms with van der Waals surface area (Å²) in [5.74, 6) is 0. The van der Waals surface area contributed by atoms with Crippen molar-refractivity contribution >= 4 is 31.5 Å². The number of thiophene rings is 1. The summed E-state index contributed by atoms with van der Waals surface area (Å²) in [6.07, 6.45) is 9.46. The number of unbranched alkanes of at least 4 members (excludes halogenated alkanes) is 5. The highest BCUT2D eigenvalue weighted by Gasteiger charge is 2.08. The maximum absolute atomic E-state index is 2.33. The Kier molecular flexibility index (Phi) is 4.92. The molecule has 0 spiro atoms. The number of benzene rings is 2. The Morgan fingerprint density at radius 2 is 1.52 bits per heavy atom. The van der Waals surface area contributed by atoms with Crippen molar-refractivity contribution in [1.82, 2.24) is 0 Å². The monoisotopic (exact) mass is 296 g/mol. The van der Waals surface area contributed by atoms with Crippen LogP contribution in [0.25, 0.3) is 20.2 Å². The lowest BCUT2D eigenvalue weighted by molar-refractivity contribution is 0.608. The van der Waals surface area contributed by atoms with Crippen molar-refractivity contribution < 1.29 is 0 Å². The number of hydrogen-bond acceptors (Lipinski definition) is 1. The third kappa shape index (κ3) is 3.29. The van der Waals surface area contributed by atoms with Crippen LogP contribution in [-0.2, 0) is 6.42 Å². The molecule has 0 saturated heterocycles. The molecule has 0 nitrogen and oxygen atoms in total. The molecule has 0 amide bonds. The van der Waals surface area contributed by atoms with E-state index < -0.39 is 0 Å². The summed E-state index contributed by atoms with van der Waals surface area (Å²) in [6.45, 7) is 2.28. The molecular weight excluding hydrogens is 272 g/mol. The van der Waals surface area contributed by atoms with Crippen LogP contribution in [0.3, 0.4) is 0 Å². The van der Waals surface area contributed by atoms with Crippen molar-refractivity contribution in [2.45, 2.75) is 51.9 Å². The molecule has 0 atom stereocenters. The topological polar surface area (TPSA) is 0 Å². The fraction of sp³-hybridized carbons (Fsp3) is 0.400. The van der Waals surface area contributed by atoms with Crippen LogP contribution in [0.15, 0.2) is 42.5 Å². The van der Waals surface area contributed by atoms with Gasteiger partial charge in [0.2, 0.25) is 0 Å². The minimum Gasteiger partial charge on any atom is -0.135 e. The zero-order valence-electron chi connectivity index (χ0n) is 12.9. The second-order valence-electron chi connectivity index (χ2n) is 5.91. The Balaban J connectivity index is 1.76. The normalized spacial score (nSPS) is 11.5. The van der Waals surface area contributed by atoms with E-state index in [4.69, 9.17) is 0 Å². The summed E-state index contributed by atoms with van der Waals surface area (Å²) in [5.41, 5.74) is 1.54. The highest BCUT2D eigenvalue weighted by molar-refractivity contribution is 7.25. The molecule has 3 rings (SSSR count). The van der Waals surface area contributed by atoms with Gasteiger partial charge in [-0.25, -0.2) is 0 Å². The van der Waals surface area contributed by atoms with E-state index in [1.165, 1.54) is 65.1 Å². The summed E-state index contributed by atoms with van der Waals surface area (Å²) < 4.78 is 2.86. The molecule has 1 heteroatoms. The molecule has 0 saturated carbocycles. The van der Waals surface area contributed by atoms with Crippen LogP contribution in [0.1, 0.15) is 51.0 Å². The van der Waals surface area contributed by atoms with Crippen LogP contribution >= 0.6 is 11.3 Å². The predicted molar refractivity (Wildman–Crippen MR) is 96.4 cm³/mol. The molecular formula is C20H24S. The van der Waals surface area contributed by atoms with E-state index in [-0.39, 0.29) is 0 Å². The standard InChI is InChI=1S/C20H24S/c1-2-3-4-5-6-7-11-16-12-10-15-19-20(16)17-13-8-9-14-18(17)21-19/h8-10,12-15H,2-7,11H2,1H3. The number of rotatable bonds is 7. The molecule has 0 unspecified atom stereocenters. The van der Waals surface area contributed by atoms with Crippen LogP contribution in [0.4, 0.5) is 0 Å². The van der Waals surface area contributed by atoms with E-state index in [2.05, 4.69) is 49.4 Å². The predicted octanol–water partition coefficient (Wildman–Crippen LogP) is 6.96. The second-order valence-corrected chi connectivity index (χ2v) is 6.99. The number of hydrogen-bond donors (Lipinski definition) is 0. The average molecular weight is 296 g/mol. The van der Waals surface area contributed by atoms with Crippen molar-refractivity contribution in [3.63, 3.8) is 0 Å². The number of aryl methyl sites for hydroxylation is 1. The summed E-state index contributed by atoms with van der Waals surface area (Å²) in [4.78, 5) is 0. The van der Waals surface area contributed by atoms with Gasteiger partial charge in [0.05, 0.1) is 0 Å². The molecule has 0 N–H and O–H groups in total. The summed E-state index contributed by atoms with van der Waals surface area (Å²) in [6, 6.07) is 15.6. The van der Waals surface area contributed by atoms with Crippen LogP contribution in [0, 0.1) is 0 Å². The molecule has 0 radical (unpaired) electrons. The summed E-state index contributed by atoms with van der Waals surface area (Å²) in [5, 5.41) is 2.95. The smallest absolute Gasteiger partial charge is 0.0358 e. The van der Waals surface area contributed by atoms with Gasteiger partial charge in [-0.05, 0) is 30.5 Å².